The van der Waals surface area contributed by atoms with Gasteiger partial charge < -0.3 is 9.84 Å². The van der Waals surface area contributed by atoms with Crippen molar-refractivity contribution in [3.63, 3.8) is 0 Å². The molecule has 0 amide bonds. The number of nitro groups is 1. The van der Waals surface area contributed by atoms with E-state index in [-0.39, 0.29) is 17.8 Å². The van der Waals surface area contributed by atoms with Crippen molar-refractivity contribution >= 4 is 11.7 Å². The Bertz CT molecular complexity index is 708. The van der Waals surface area contributed by atoms with Crippen LogP contribution < -0.4 is 4.74 Å². The third-order valence-corrected chi connectivity index (χ3v) is 2.98. The number of aryl methyl sites for hydroxylation is 1. The molecule has 2 rings (SSSR count). The smallest absolute Gasteiger partial charge is 0.339 e. The average Bonchev–Trinajstić information content (AvgIpc) is 2.79. The molecule has 1 aromatic heterocycles. The number of benzene rings is 1. The number of nitrogens with zero attached hydrogens (tertiary/aromatic N) is 3. The van der Waals surface area contributed by atoms with Crippen molar-refractivity contribution in [2.75, 3.05) is 7.11 Å². The second-order valence-corrected chi connectivity index (χ2v) is 4.38. The Morgan fingerprint density at radius 3 is 2.76 bits per heavy atom. The topological polar surface area (TPSA) is 107 Å². The van der Waals surface area contributed by atoms with E-state index in [9.17, 15) is 14.9 Å². The summed E-state index contributed by atoms with van der Waals surface area (Å²) in [5.74, 6) is -0.588. The van der Waals surface area contributed by atoms with Crippen LogP contribution in [0.15, 0.2) is 24.4 Å². The number of carboxylic acid groups (broad SMARTS) is 1. The van der Waals surface area contributed by atoms with Crippen LogP contribution in [0.3, 0.4) is 0 Å². The summed E-state index contributed by atoms with van der Waals surface area (Å²) >= 11 is 0. The maximum absolute atomic E-state index is 11.0. The van der Waals surface area contributed by atoms with Crippen molar-refractivity contribution in [1.82, 2.24) is 9.78 Å². The fourth-order valence-corrected chi connectivity index (χ4v) is 1.99. The fourth-order valence-electron chi connectivity index (χ4n) is 1.99. The molecular formula is C13H13N3O5. The van der Waals surface area contributed by atoms with E-state index in [2.05, 4.69) is 5.10 Å². The Hall–Kier alpha value is -2.90. The van der Waals surface area contributed by atoms with Crippen LogP contribution in [0.4, 0.5) is 5.69 Å². The van der Waals surface area contributed by atoms with Crippen LogP contribution >= 0.6 is 0 Å². The summed E-state index contributed by atoms with van der Waals surface area (Å²) in [5, 5.41) is 23.9. The number of hydrogen-bond acceptors (Lipinski definition) is 5. The lowest BCUT2D eigenvalue weighted by Gasteiger charge is -2.08. The minimum Gasteiger partial charge on any atom is -0.496 e. The van der Waals surface area contributed by atoms with E-state index in [4.69, 9.17) is 9.84 Å². The molecule has 1 heterocycles. The maximum Gasteiger partial charge on any atom is 0.339 e. The quantitative estimate of drug-likeness (QED) is 0.665. The van der Waals surface area contributed by atoms with Crippen LogP contribution in [0, 0.1) is 17.0 Å². The third kappa shape index (κ3) is 2.99. The molecule has 0 bridgehead atoms. The van der Waals surface area contributed by atoms with Crippen molar-refractivity contribution < 1.29 is 19.6 Å². The van der Waals surface area contributed by atoms with Crippen LogP contribution in [0.2, 0.25) is 0 Å². The number of carbonyl (C=O) groups is 1. The summed E-state index contributed by atoms with van der Waals surface area (Å²) in [7, 11) is 1.46. The predicted octanol–water partition coefficient (Wildman–Crippen LogP) is 1.85. The molecular weight excluding hydrogens is 278 g/mol. The summed E-state index contributed by atoms with van der Waals surface area (Å²) in [4.78, 5) is 21.3. The molecule has 1 N–H and O–H groups in total. The van der Waals surface area contributed by atoms with Crippen LogP contribution in [0.5, 0.6) is 5.75 Å². The number of non-ortho nitro benzene ring substituents is 1. The van der Waals surface area contributed by atoms with Gasteiger partial charge in [-0.3, -0.25) is 14.8 Å². The van der Waals surface area contributed by atoms with Gasteiger partial charge in [-0.2, -0.15) is 5.10 Å². The Labute approximate surface area is 119 Å². The lowest BCUT2D eigenvalue weighted by molar-refractivity contribution is -0.384. The van der Waals surface area contributed by atoms with E-state index in [0.29, 0.717) is 17.0 Å². The Balaban J connectivity index is 2.38. The SMILES string of the molecule is COc1ccc([N+](=O)[O-])cc1Cn1cc(C(=O)O)c(C)n1. The highest BCUT2D eigenvalue weighted by Crippen LogP contribution is 2.25. The molecule has 21 heavy (non-hydrogen) atoms. The van der Waals surface area contributed by atoms with E-state index in [0.717, 1.165) is 0 Å². The van der Waals surface area contributed by atoms with Gasteiger partial charge in [-0.25, -0.2) is 4.79 Å². The van der Waals surface area contributed by atoms with E-state index < -0.39 is 10.9 Å². The fraction of sp³-hybridized carbons (Fsp3) is 0.231. The Morgan fingerprint density at radius 2 is 2.24 bits per heavy atom. The largest absolute Gasteiger partial charge is 0.496 e. The highest BCUT2D eigenvalue weighted by Gasteiger charge is 2.15. The van der Waals surface area contributed by atoms with Gasteiger partial charge >= 0.3 is 5.97 Å². The molecule has 0 aliphatic heterocycles. The summed E-state index contributed by atoms with van der Waals surface area (Å²) in [6, 6.07) is 4.23. The molecule has 8 nitrogen and oxygen atoms in total. The highest BCUT2D eigenvalue weighted by molar-refractivity contribution is 5.88. The van der Waals surface area contributed by atoms with Gasteiger partial charge in [0.25, 0.3) is 5.69 Å². The normalized spacial score (nSPS) is 10.4. The number of ether oxygens (including phenoxy) is 1. The number of aromatic nitrogens is 2. The van der Waals surface area contributed by atoms with Gasteiger partial charge in [0.2, 0.25) is 0 Å². The van der Waals surface area contributed by atoms with E-state index in [1.165, 1.54) is 36.2 Å². The molecule has 0 aliphatic rings. The lowest BCUT2D eigenvalue weighted by Crippen LogP contribution is -2.03. The van der Waals surface area contributed by atoms with Gasteiger partial charge in [-0.1, -0.05) is 0 Å². The maximum atomic E-state index is 11.0. The number of methoxy groups -OCH3 is 1. The lowest BCUT2D eigenvalue weighted by atomic mass is 10.1. The van der Waals surface area contributed by atoms with Gasteiger partial charge in [0, 0.05) is 23.9 Å². The first kappa shape index (κ1) is 14.5. The minimum absolute atomic E-state index is 0.0619. The summed E-state index contributed by atoms with van der Waals surface area (Å²) < 4.78 is 6.57. The highest BCUT2D eigenvalue weighted by atomic mass is 16.6. The van der Waals surface area contributed by atoms with Crippen molar-refractivity contribution in [2.45, 2.75) is 13.5 Å². The summed E-state index contributed by atoms with van der Waals surface area (Å²) in [6.45, 7) is 1.77. The molecule has 0 atom stereocenters. The molecule has 0 radical (unpaired) electrons. The molecule has 0 saturated heterocycles. The Kier molecular flexibility index (Phi) is 3.88. The van der Waals surface area contributed by atoms with E-state index in [1.54, 1.807) is 6.92 Å². The molecule has 2 aromatic rings. The monoisotopic (exact) mass is 291 g/mol. The van der Waals surface area contributed by atoms with E-state index in [1.807, 2.05) is 0 Å². The summed E-state index contributed by atoms with van der Waals surface area (Å²) in [6.07, 6.45) is 1.38. The van der Waals surface area contributed by atoms with Gasteiger partial charge in [-0.05, 0) is 13.0 Å². The van der Waals surface area contributed by atoms with Crippen molar-refractivity contribution in [3.05, 3.63) is 51.3 Å². The average molecular weight is 291 g/mol. The number of hydrogen-bond donors (Lipinski definition) is 1. The second-order valence-electron chi connectivity index (χ2n) is 4.38. The second kappa shape index (κ2) is 5.61. The molecule has 1 aromatic carbocycles. The number of nitro benzene ring substituents is 1. The molecule has 0 unspecified atom stereocenters. The molecule has 0 saturated carbocycles. The molecule has 0 spiro atoms. The van der Waals surface area contributed by atoms with Gasteiger partial charge in [0.15, 0.2) is 0 Å². The molecule has 0 fully saturated rings. The minimum atomic E-state index is -1.07. The number of aromatic carboxylic acids is 1. The van der Waals surface area contributed by atoms with Crippen LogP contribution in [0.1, 0.15) is 21.6 Å². The third-order valence-electron chi connectivity index (χ3n) is 2.98. The predicted molar refractivity (Wildman–Crippen MR) is 72.7 cm³/mol. The summed E-state index contributed by atoms with van der Waals surface area (Å²) in [5.41, 5.74) is 0.963. The van der Waals surface area contributed by atoms with Gasteiger partial charge in [-0.15, -0.1) is 0 Å². The molecule has 110 valence electrons. The van der Waals surface area contributed by atoms with Crippen LogP contribution in [-0.4, -0.2) is 32.9 Å². The first-order valence-electron chi connectivity index (χ1n) is 6.01. The van der Waals surface area contributed by atoms with Gasteiger partial charge in [0.1, 0.15) is 11.3 Å². The zero-order valence-electron chi connectivity index (χ0n) is 11.4. The Morgan fingerprint density at radius 1 is 1.52 bits per heavy atom. The zero-order chi connectivity index (χ0) is 15.6. The van der Waals surface area contributed by atoms with Gasteiger partial charge in [0.05, 0.1) is 24.3 Å². The van der Waals surface area contributed by atoms with Crippen molar-refractivity contribution in [1.29, 1.82) is 0 Å². The zero-order valence-corrected chi connectivity index (χ0v) is 11.4. The first-order chi connectivity index (χ1) is 9.92. The molecule has 8 heteroatoms. The number of rotatable bonds is 5. The number of carboxylic acids is 1. The van der Waals surface area contributed by atoms with Crippen molar-refractivity contribution in [3.8, 4) is 5.75 Å². The van der Waals surface area contributed by atoms with E-state index >= 15 is 0 Å². The first-order valence-corrected chi connectivity index (χ1v) is 6.01. The standard InChI is InChI=1S/C13H13N3O5/c1-8-11(13(17)18)7-15(14-8)6-9-5-10(16(19)20)3-4-12(9)21-2/h3-5,7H,6H2,1-2H3,(H,17,18). The van der Waals surface area contributed by atoms with Crippen LogP contribution in [-0.2, 0) is 6.54 Å². The molecule has 0 aliphatic carbocycles. The van der Waals surface area contributed by atoms with Crippen molar-refractivity contribution in [2.24, 2.45) is 0 Å². The van der Waals surface area contributed by atoms with Crippen LogP contribution in [0.25, 0.3) is 0 Å².